The van der Waals surface area contributed by atoms with Crippen LogP contribution in [-0.2, 0) is 22.7 Å². The summed E-state index contributed by atoms with van der Waals surface area (Å²) in [5.41, 5.74) is 0.561. The van der Waals surface area contributed by atoms with E-state index in [9.17, 15) is 19.5 Å². The van der Waals surface area contributed by atoms with Crippen LogP contribution in [0.25, 0.3) is 0 Å². The van der Waals surface area contributed by atoms with Gasteiger partial charge in [-0.3, -0.25) is 9.59 Å². The zero-order chi connectivity index (χ0) is 26.9. The van der Waals surface area contributed by atoms with Gasteiger partial charge in [0.2, 0.25) is 12.7 Å². The summed E-state index contributed by atoms with van der Waals surface area (Å²) in [7, 11) is 0. The first-order chi connectivity index (χ1) is 18.4. The number of aliphatic carboxylic acids is 1. The number of benzene rings is 1. The van der Waals surface area contributed by atoms with Crippen molar-refractivity contribution in [2.75, 3.05) is 6.79 Å². The second-order valence-electron chi connectivity index (χ2n) is 8.78. The van der Waals surface area contributed by atoms with Crippen molar-refractivity contribution in [1.82, 2.24) is 20.5 Å². The van der Waals surface area contributed by atoms with Gasteiger partial charge >= 0.3 is 12.0 Å². The van der Waals surface area contributed by atoms with E-state index in [0.717, 1.165) is 22.7 Å². The van der Waals surface area contributed by atoms with E-state index >= 15 is 0 Å². The lowest BCUT2D eigenvalue weighted by molar-refractivity contribution is -0.137. The minimum Gasteiger partial charge on any atom is -0.481 e. The highest BCUT2D eigenvalue weighted by atomic mass is 32.1. The van der Waals surface area contributed by atoms with Crippen LogP contribution in [0, 0.1) is 0 Å². The van der Waals surface area contributed by atoms with Crippen molar-refractivity contribution >= 4 is 40.6 Å². The number of aromatic nitrogens is 1. The third-order valence-electron chi connectivity index (χ3n) is 5.98. The minimum absolute atomic E-state index is 0.0838. The Kier molecular flexibility index (Phi) is 9.55. The minimum atomic E-state index is -1.07. The molecule has 1 aromatic carbocycles. The zero-order valence-electron chi connectivity index (χ0n) is 20.9. The molecule has 4 rings (SSSR count). The Bertz CT molecular complexity index is 1180. The fraction of sp³-hybridized carbons (Fsp3) is 0.385. The van der Waals surface area contributed by atoms with E-state index in [1.807, 2.05) is 29.8 Å². The molecular weight excluding hydrogens is 528 g/mol. The molecule has 3 N–H and O–H groups in total. The molecule has 0 aliphatic carbocycles. The normalized spacial score (nSPS) is 13.5. The van der Waals surface area contributed by atoms with Crippen LogP contribution in [0.3, 0.4) is 0 Å². The molecule has 12 heteroatoms. The molecule has 0 saturated heterocycles. The number of thiazole rings is 1. The number of carbonyl (C=O) groups excluding carboxylic acids is 2. The van der Waals surface area contributed by atoms with Gasteiger partial charge in [0.15, 0.2) is 11.5 Å². The van der Waals surface area contributed by atoms with Crippen LogP contribution in [-0.4, -0.2) is 45.7 Å². The van der Waals surface area contributed by atoms with Gasteiger partial charge in [-0.15, -0.1) is 22.7 Å². The Morgan fingerprint density at radius 3 is 2.66 bits per heavy atom. The number of urea groups is 1. The van der Waals surface area contributed by atoms with E-state index in [4.69, 9.17) is 9.47 Å². The van der Waals surface area contributed by atoms with Gasteiger partial charge in [-0.25, -0.2) is 9.78 Å². The largest absolute Gasteiger partial charge is 0.481 e. The van der Waals surface area contributed by atoms with Gasteiger partial charge in [-0.05, 0) is 35.6 Å². The van der Waals surface area contributed by atoms with E-state index < -0.39 is 24.1 Å². The van der Waals surface area contributed by atoms with Crippen molar-refractivity contribution in [3.05, 3.63) is 62.7 Å². The van der Waals surface area contributed by atoms with Crippen LogP contribution in [0.1, 0.15) is 54.1 Å². The van der Waals surface area contributed by atoms with Gasteiger partial charge in [0.05, 0.1) is 25.6 Å². The highest BCUT2D eigenvalue weighted by molar-refractivity contribution is 7.10. The molecular formula is C26H30N4O6S2. The van der Waals surface area contributed by atoms with Crippen molar-refractivity contribution in [2.24, 2.45) is 0 Å². The molecule has 3 heterocycles. The number of hydrogen-bond acceptors (Lipinski definition) is 8. The van der Waals surface area contributed by atoms with E-state index in [1.54, 1.807) is 40.6 Å². The van der Waals surface area contributed by atoms with Gasteiger partial charge in [0.25, 0.3) is 0 Å². The maximum Gasteiger partial charge on any atom is 0.315 e. The standard InChI is InChI=1S/C26H30N4O6S2/c1-2-3-6-19(25(33)30(14-18-5-4-10-37-18)15-23-27-9-11-38-23)28-26(34)29-20(13-24(31)32)17-7-8-21-22(12-17)36-16-35-21/h4-5,7-12,19-20H,2-3,6,13-16H2,1H3,(H,31,32)(H2,28,29,34)/t19-,20-/m0/s1. The van der Waals surface area contributed by atoms with Gasteiger partial charge in [-0.2, -0.15) is 0 Å². The lowest BCUT2D eigenvalue weighted by Gasteiger charge is -2.28. The zero-order valence-corrected chi connectivity index (χ0v) is 22.6. The number of unbranched alkanes of at least 4 members (excludes halogenated alkanes) is 1. The number of amides is 3. The van der Waals surface area contributed by atoms with Crippen LogP contribution < -0.4 is 20.1 Å². The molecule has 0 unspecified atom stereocenters. The number of carboxylic acids is 1. The van der Waals surface area contributed by atoms with Crippen molar-refractivity contribution in [3.8, 4) is 11.5 Å². The van der Waals surface area contributed by atoms with E-state index in [2.05, 4.69) is 15.6 Å². The number of rotatable bonds is 13. The molecule has 10 nitrogen and oxygen atoms in total. The van der Waals surface area contributed by atoms with Gasteiger partial charge in [0.1, 0.15) is 11.0 Å². The Morgan fingerprint density at radius 2 is 1.95 bits per heavy atom. The maximum absolute atomic E-state index is 13.7. The summed E-state index contributed by atoms with van der Waals surface area (Å²) in [6.07, 6.45) is 3.40. The second kappa shape index (κ2) is 13.2. The number of carbonyl (C=O) groups is 3. The molecule has 1 aliphatic rings. The average Bonchev–Trinajstić information content (AvgIpc) is 3.68. The van der Waals surface area contributed by atoms with E-state index in [1.165, 1.54) is 11.3 Å². The smallest absolute Gasteiger partial charge is 0.315 e. The first-order valence-electron chi connectivity index (χ1n) is 12.3. The summed E-state index contributed by atoms with van der Waals surface area (Å²) >= 11 is 3.03. The SMILES string of the molecule is CCCC[C@H](NC(=O)N[C@@H](CC(=O)O)c1ccc2c(c1)OCO2)C(=O)N(Cc1cccs1)Cc1nccs1. The van der Waals surface area contributed by atoms with Crippen molar-refractivity contribution in [1.29, 1.82) is 0 Å². The Labute approximate surface area is 228 Å². The summed E-state index contributed by atoms with van der Waals surface area (Å²) < 4.78 is 10.7. The van der Waals surface area contributed by atoms with Gasteiger partial charge in [-0.1, -0.05) is 31.9 Å². The van der Waals surface area contributed by atoms with Gasteiger partial charge in [0, 0.05) is 16.5 Å². The summed E-state index contributed by atoms with van der Waals surface area (Å²) in [6, 6.07) is 6.71. The van der Waals surface area contributed by atoms with Crippen LogP contribution in [0.15, 0.2) is 47.3 Å². The average molecular weight is 559 g/mol. The Morgan fingerprint density at radius 1 is 1.11 bits per heavy atom. The van der Waals surface area contributed by atoms with Crippen molar-refractivity contribution in [3.63, 3.8) is 0 Å². The lowest BCUT2D eigenvalue weighted by atomic mass is 10.0. The summed E-state index contributed by atoms with van der Waals surface area (Å²) in [6.45, 7) is 2.84. The number of carboxylic acid groups (broad SMARTS) is 1. The molecule has 2 atom stereocenters. The number of ether oxygens (including phenoxy) is 2. The monoisotopic (exact) mass is 558 g/mol. The van der Waals surface area contributed by atoms with Crippen LogP contribution >= 0.6 is 22.7 Å². The van der Waals surface area contributed by atoms with Crippen LogP contribution in [0.4, 0.5) is 4.79 Å². The molecule has 3 aromatic rings. The molecule has 1 aliphatic heterocycles. The second-order valence-corrected chi connectivity index (χ2v) is 10.8. The fourth-order valence-electron chi connectivity index (χ4n) is 4.10. The number of nitrogens with zero attached hydrogens (tertiary/aromatic N) is 2. The third kappa shape index (κ3) is 7.45. The summed E-state index contributed by atoms with van der Waals surface area (Å²) in [5.74, 6) is -0.238. The highest BCUT2D eigenvalue weighted by Gasteiger charge is 2.28. The maximum atomic E-state index is 13.7. The Balaban J connectivity index is 1.49. The first kappa shape index (κ1) is 27.4. The highest BCUT2D eigenvalue weighted by Crippen LogP contribution is 2.34. The summed E-state index contributed by atoms with van der Waals surface area (Å²) in [4.78, 5) is 45.5. The molecule has 202 valence electrons. The summed E-state index contributed by atoms with van der Waals surface area (Å²) in [5, 5.41) is 19.6. The molecule has 38 heavy (non-hydrogen) atoms. The number of fused-ring (bicyclic) bond motifs is 1. The predicted octanol–water partition coefficient (Wildman–Crippen LogP) is 4.54. The molecule has 2 aromatic heterocycles. The van der Waals surface area contributed by atoms with Crippen LogP contribution in [0.2, 0.25) is 0 Å². The molecule has 0 radical (unpaired) electrons. The number of thiophene rings is 1. The molecule has 0 fully saturated rings. The van der Waals surface area contributed by atoms with Gasteiger partial charge < -0.3 is 30.1 Å². The molecule has 0 saturated carbocycles. The Hall–Kier alpha value is -3.64. The van der Waals surface area contributed by atoms with Crippen LogP contribution in [0.5, 0.6) is 11.5 Å². The number of nitrogens with one attached hydrogen (secondary N) is 2. The predicted molar refractivity (Wildman–Crippen MR) is 143 cm³/mol. The first-order valence-corrected chi connectivity index (χ1v) is 14.1. The molecule has 0 bridgehead atoms. The van der Waals surface area contributed by atoms with E-state index in [-0.39, 0.29) is 19.1 Å². The lowest BCUT2D eigenvalue weighted by Crippen LogP contribution is -2.51. The van der Waals surface area contributed by atoms with Crippen molar-refractivity contribution < 1.29 is 29.0 Å². The topological polar surface area (TPSA) is 130 Å². The van der Waals surface area contributed by atoms with Crippen molar-refractivity contribution in [2.45, 2.75) is 57.8 Å². The molecule has 3 amide bonds. The quantitative estimate of drug-likeness (QED) is 0.281. The molecule has 0 spiro atoms. The van der Waals surface area contributed by atoms with E-state index in [0.29, 0.717) is 36.6 Å². The number of hydrogen-bond donors (Lipinski definition) is 3. The fourth-order valence-corrected chi connectivity index (χ4v) is 5.45. The third-order valence-corrected chi connectivity index (χ3v) is 7.61.